The van der Waals surface area contributed by atoms with Crippen LogP contribution in [-0.2, 0) is 9.84 Å². The van der Waals surface area contributed by atoms with Crippen molar-refractivity contribution in [1.82, 2.24) is 10.2 Å². The third kappa shape index (κ3) is 3.67. The number of ether oxygens (including phenoxy) is 2. The van der Waals surface area contributed by atoms with Crippen molar-refractivity contribution in [3.05, 3.63) is 18.2 Å². The predicted octanol–water partition coefficient (Wildman–Crippen LogP) is 0.477. The minimum Gasteiger partial charge on any atom is -0.486 e. The molecule has 2 saturated heterocycles. The second kappa shape index (κ2) is 6.86. The lowest BCUT2D eigenvalue weighted by Gasteiger charge is -2.36. The van der Waals surface area contributed by atoms with Crippen molar-refractivity contribution in [2.24, 2.45) is 0 Å². The number of sulfone groups is 1. The molecule has 26 heavy (non-hydrogen) atoms. The van der Waals surface area contributed by atoms with Gasteiger partial charge in [0.1, 0.15) is 13.2 Å². The highest BCUT2D eigenvalue weighted by atomic mass is 32.2. The fraction of sp³-hybridized carbons (Fsp3) is 0.588. The van der Waals surface area contributed by atoms with E-state index in [4.69, 9.17) is 9.47 Å². The smallest absolute Gasteiger partial charge is 0.317 e. The molecule has 3 aliphatic heterocycles. The molecule has 2 fully saturated rings. The Morgan fingerprint density at radius 2 is 1.81 bits per heavy atom. The Labute approximate surface area is 153 Å². The number of benzene rings is 1. The van der Waals surface area contributed by atoms with E-state index in [1.807, 2.05) is 18.2 Å². The molecule has 0 bridgehead atoms. The number of fused-ring (bicyclic) bond motifs is 1. The number of anilines is 1. The second-order valence-corrected chi connectivity index (χ2v) is 9.08. The molecule has 1 N–H and O–H groups in total. The van der Waals surface area contributed by atoms with Crippen LogP contribution in [0, 0.1) is 0 Å². The van der Waals surface area contributed by atoms with E-state index in [-0.39, 0.29) is 23.6 Å². The van der Waals surface area contributed by atoms with Crippen molar-refractivity contribution in [3.8, 4) is 11.5 Å². The number of carbonyl (C=O) groups excluding carboxylic acids is 1. The van der Waals surface area contributed by atoms with E-state index in [2.05, 4.69) is 10.2 Å². The van der Waals surface area contributed by atoms with Gasteiger partial charge < -0.3 is 24.6 Å². The molecule has 8 nitrogen and oxygen atoms in total. The maximum absolute atomic E-state index is 12.4. The molecule has 1 unspecified atom stereocenters. The molecule has 2 amide bonds. The lowest BCUT2D eigenvalue weighted by Crippen LogP contribution is -2.53. The van der Waals surface area contributed by atoms with Crippen LogP contribution >= 0.6 is 0 Å². The van der Waals surface area contributed by atoms with Gasteiger partial charge in [-0.3, -0.25) is 0 Å². The molecule has 0 aliphatic carbocycles. The Morgan fingerprint density at radius 1 is 1.08 bits per heavy atom. The van der Waals surface area contributed by atoms with Gasteiger partial charge in [0.2, 0.25) is 0 Å². The Balaban J connectivity index is 1.32. The summed E-state index contributed by atoms with van der Waals surface area (Å²) in [6, 6.07) is 5.47. The van der Waals surface area contributed by atoms with Crippen LogP contribution in [0.5, 0.6) is 11.5 Å². The zero-order chi connectivity index (χ0) is 18.1. The molecule has 1 aromatic carbocycles. The summed E-state index contributed by atoms with van der Waals surface area (Å²) < 4.78 is 34.2. The fourth-order valence-corrected chi connectivity index (χ4v) is 5.24. The van der Waals surface area contributed by atoms with Gasteiger partial charge in [0, 0.05) is 44.0 Å². The summed E-state index contributed by atoms with van der Waals surface area (Å²) in [5.41, 5.74) is 1.05. The Kier molecular flexibility index (Phi) is 4.56. The third-order valence-corrected chi connectivity index (χ3v) is 6.79. The van der Waals surface area contributed by atoms with Crippen LogP contribution in [0.3, 0.4) is 0 Å². The Morgan fingerprint density at radius 3 is 2.50 bits per heavy atom. The van der Waals surface area contributed by atoms with Gasteiger partial charge in [-0.25, -0.2) is 13.2 Å². The van der Waals surface area contributed by atoms with Crippen molar-refractivity contribution in [1.29, 1.82) is 0 Å². The molecule has 4 rings (SSSR count). The monoisotopic (exact) mass is 381 g/mol. The van der Waals surface area contributed by atoms with E-state index in [0.29, 0.717) is 32.7 Å². The largest absolute Gasteiger partial charge is 0.486 e. The summed E-state index contributed by atoms with van der Waals surface area (Å²) in [5.74, 6) is 1.74. The number of piperazine rings is 1. The van der Waals surface area contributed by atoms with Gasteiger partial charge in [0.15, 0.2) is 21.3 Å². The highest BCUT2D eigenvalue weighted by Gasteiger charge is 2.31. The first-order valence-corrected chi connectivity index (χ1v) is 10.7. The molecular formula is C17H23N3O5S. The predicted molar refractivity (Wildman–Crippen MR) is 96.8 cm³/mol. The molecule has 9 heteroatoms. The number of hydrogen-bond donors (Lipinski definition) is 1. The van der Waals surface area contributed by atoms with Gasteiger partial charge in [-0.2, -0.15) is 0 Å². The van der Waals surface area contributed by atoms with Crippen LogP contribution in [0.1, 0.15) is 6.42 Å². The van der Waals surface area contributed by atoms with Gasteiger partial charge in [-0.1, -0.05) is 0 Å². The number of carbonyl (C=O) groups is 1. The standard InChI is InChI=1S/C17H23N3O5S/c21-17(18-13-3-10-26(22,23)12-13)20-6-4-19(5-7-20)14-1-2-15-16(11-14)25-9-8-24-15/h1-2,11,13H,3-10,12H2,(H,18,21). The van der Waals surface area contributed by atoms with Crippen LogP contribution in [0.2, 0.25) is 0 Å². The van der Waals surface area contributed by atoms with Gasteiger partial charge >= 0.3 is 6.03 Å². The van der Waals surface area contributed by atoms with E-state index in [1.165, 1.54) is 0 Å². The van der Waals surface area contributed by atoms with Crippen molar-refractivity contribution >= 4 is 21.6 Å². The van der Waals surface area contributed by atoms with E-state index < -0.39 is 9.84 Å². The molecule has 1 atom stereocenters. The zero-order valence-corrected chi connectivity index (χ0v) is 15.3. The molecule has 0 saturated carbocycles. The lowest BCUT2D eigenvalue weighted by atomic mass is 10.2. The van der Waals surface area contributed by atoms with Crippen LogP contribution in [0.25, 0.3) is 0 Å². The number of hydrogen-bond acceptors (Lipinski definition) is 6. The third-order valence-electron chi connectivity index (χ3n) is 5.02. The van der Waals surface area contributed by atoms with E-state index in [1.54, 1.807) is 4.90 Å². The summed E-state index contributed by atoms with van der Waals surface area (Å²) in [5, 5.41) is 2.85. The molecule has 0 spiro atoms. The molecule has 3 aliphatic rings. The zero-order valence-electron chi connectivity index (χ0n) is 14.5. The van der Waals surface area contributed by atoms with Crippen molar-refractivity contribution in [2.45, 2.75) is 12.5 Å². The number of amides is 2. The number of urea groups is 1. The molecule has 0 aromatic heterocycles. The van der Waals surface area contributed by atoms with Gasteiger partial charge in [-0.05, 0) is 18.6 Å². The average molecular weight is 381 g/mol. The van der Waals surface area contributed by atoms with Crippen molar-refractivity contribution in [3.63, 3.8) is 0 Å². The molecule has 3 heterocycles. The van der Waals surface area contributed by atoms with Crippen LogP contribution < -0.4 is 19.7 Å². The number of nitrogens with zero attached hydrogens (tertiary/aromatic N) is 2. The van der Waals surface area contributed by atoms with Crippen molar-refractivity contribution < 1.29 is 22.7 Å². The van der Waals surface area contributed by atoms with Gasteiger partial charge in [0.05, 0.1) is 11.5 Å². The highest BCUT2D eigenvalue weighted by Crippen LogP contribution is 2.34. The summed E-state index contributed by atoms with van der Waals surface area (Å²) >= 11 is 0. The first-order valence-electron chi connectivity index (χ1n) is 8.91. The quantitative estimate of drug-likeness (QED) is 0.802. The SMILES string of the molecule is O=C(NC1CCS(=O)(=O)C1)N1CCN(c2ccc3c(c2)OCCO3)CC1. The highest BCUT2D eigenvalue weighted by molar-refractivity contribution is 7.91. The summed E-state index contributed by atoms with van der Waals surface area (Å²) in [4.78, 5) is 16.3. The van der Waals surface area contributed by atoms with E-state index in [9.17, 15) is 13.2 Å². The van der Waals surface area contributed by atoms with Crippen LogP contribution in [-0.4, -0.2) is 76.3 Å². The number of nitrogens with one attached hydrogen (secondary N) is 1. The molecule has 142 valence electrons. The second-order valence-electron chi connectivity index (χ2n) is 6.85. The Hall–Kier alpha value is -2.16. The number of rotatable bonds is 2. The topological polar surface area (TPSA) is 88.2 Å². The summed E-state index contributed by atoms with van der Waals surface area (Å²) in [6.07, 6.45) is 0.505. The van der Waals surface area contributed by atoms with Gasteiger partial charge in [-0.15, -0.1) is 0 Å². The summed E-state index contributed by atoms with van der Waals surface area (Å²) in [7, 11) is -2.99. The van der Waals surface area contributed by atoms with Gasteiger partial charge in [0.25, 0.3) is 0 Å². The molecule has 1 aromatic rings. The van der Waals surface area contributed by atoms with E-state index >= 15 is 0 Å². The van der Waals surface area contributed by atoms with E-state index in [0.717, 1.165) is 30.3 Å². The van der Waals surface area contributed by atoms with Crippen molar-refractivity contribution in [2.75, 3.05) is 55.8 Å². The minimum atomic E-state index is -2.99. The normalized spacial score (nSPS) is 24.4. The van der Waals surface area contributed by atoms with Crippen LogP contribution in [0.4, 0.5) is 10.5 Å². The molecular weight excluding hydrogens is 358 g/mol. The maximum atomic E-state index is 12.4. The first-order chi connectivity index (χ1) is 12.5. The summed E-state index contributed by atoms with van der Waals surface area (Å²) in [6.45, 7) is 3.76. The molecule has 0 radical (unpaired) electrons. The minimum absolute atomic E-state index is 0.0515. The first kappa shape index (κ1) is 17.3. The lowest BCUT2D eigenvalue weighted by molar-refractivity contribution is 0.171. The fourth-order valence-electron chi connectivity index (χ4n) is 3.57. The van der Waals surface area contributed by atoms with Crippen LogP contribution in [0.15, 0.2) is 18.2 Å². The maximum Gasteiger partial charge on any atom is 0.317 e. The Bertz CT molecular complexity index is 790. The average Bonchev–Trinajstić information content (AvgIpc) is 2.99.